The fourth-order valence-corrected chi connectivity index (χ4v) is 2.04. The van der Waals surface area contributed by atoms with Crippen LogP contribution in [0.25, 0.3) is 0 Å². The Morgan fingerprint density at radius 1 is 1.67 bits per heavy atom. The van der Waals surface area contributed by atoms with E-state index in [1.165, 1.54) is 0 Å². The molecule has 2 heterocycles. The van der Waals surface area contributed by atoms with Gasteiger partial charge in [-0.2, -0.15) is 0 Å². The van der Waals surface area contributed by atoms with E-state index in [9.17, 15) is 0 Å². The lowest BCUT2D eigenvalue weighted by Crippen LogP contribution is -2.44. The number of hydrogen-bond acceptors (Lipinski definition) is 3. The second-order valence-corrected chi connectivity index (χ2v) is 4.00. The zero-order valence-corrected chi connectivity index (χ0v) is 9.57. The van der Waals surface area contributed by atoms with Crippen molar-refractivity contribution in [3.8, 4) is 0 Å². The van der Waals surface area contributed by atoms with E-state index in [2.05, 4.69) is 16.8 Å². The number of anilines is 1. The van der Waals surface area contributed by atoms with Crippen molar-refractivity contribution in [2.75, 3.05) is 24.7 Å². The summed E-state index contributed by atoms with van der Waals surface area (Å²) in [5.74, 6) is 1.51. The lowest BCUT2D eigenvalue weighted by molar-refractivity contribution is 0.0984. The summed E-state index contributed by atoms with van der Waals surface area (Å²) in [5.41, 5.74) is 1.09. The summed E-state index contributed by atoms with van der Waals surface area (Å²) in [7, 11) is 0. The molecule has 2 rings (SSSR count). The Bertz CT molecular complexity index is 332. The second kappa shape index (κ2) is 4.81. The van der Waals surface area contributed by atoms with Gasteiger partial charge in [-0.05, 0) is 13.0 Å². The van der Waals surface area contributed by atoms with Crippen molar-refractivity contribution in [2.45, 2.75) is 18.8 Å². The minimum Gasteiger partial charge on any atom is -0.377 e. The highest BCUT2D eigenvalue weighted by Crippen LogP contribution is 2.22. The lowest BCUT2D eigenvalue weighted by Gasteiger charge is -2.35. The molecule has 1 saturated heterocycles. The Kier molecular flexibility index (Phi) is 3.44. The van der Waals surface area contributed by atoms with Crippen LogP contribution in [0, 0.1) is 0 Å². The molecule has 3 nitrogen and oxygen atoms in total. The van der Waals surface area contributed by atoms with Gasteiger partial charge in [-0.1, -0.05) is 6.07 Å². The molecule has 1 aromatic heterocycles. The molecule has 4 heteroatoms. The van der Waals surface area contributed by atoms with Crippen LogP contribution < -0.4 is 4.90 Å². The Labute approximate surface area is 95.0 Å². The Morgan fingerprint density at radius 3 is 3.27 bits per heavy atom. The third-order valence-electron chi connectivity index (χ3n) is 2.65. The summed E-state index contributed by atoms with van der Waals surface area (Å²) in [6, 6.07) is 4.32. The van der Waals surface area contributed by atoms with Gasteiger partial charge in [0.15, 0.2) is 0 Å². The van der Waals surface area contributed by atoms with Gasteiger partial charge in [0.1, 0.15) is 5.82 Å². The highest BCUT2D eigenvalue weighted by molar-refractivity contribution is 6.17. The van der Waals surface area contributed by atoms with Crippen molar-refractivity contribution in [1.82, 2.24) is 4.98 Å². The number of halogens is 1. The van der Waals surface area contributed by atoms with Crippen LogP contribution in [-0.2, 0) is 10.6 Å². The number of aromatic nitrogens is 1. The molecule has 0 aliphatic carbocycles. The molecule has 1 unspecified atom stereocenters. The van der Waals surface area contributed by atoms with E-state index in [1.807, 2.05) is 18.3 Å². The lowest BCUT2D eigenvalue weighted by atomic mass is 10.2. The molecule has 0 saturated carbocycles. The van der Waals surface area contributed by atoms with Crippen LogP contribution in [-0.4, -0.2) is 30.8 Å². The SMILES string of the molecule is CC1COCCN1c1ncccc1CCl. The number of hydrogen-bond donors (Lipinski definition) is 0. The number of alkyl halides is 1. The molecular formula is C11H15ClN2O. The van der Waals surface area contributed by atoms with Gasteiger partial charge in [0.2, 0.25) is 0 Å². The molecule has 1 aromatic rings. The fraction of sp³-hybridized carbons (Fsp3) is 0.545. The van der Waals surface area contributed by atoms with Gasteiger partial charge < -0.3 is 9.64 Å². The molecule has 0 spiro atoms. The number of morpholine rings is 1. The topological polar surface area (TPSA) is 25.4 Å². The highest BCUT2D eigenvalue weighted by atomic mass is 35.5. The van der Waals surface area contributed by atoms with Crippen LogP contribution in [0.1, 0.15) is 12.5 Å². The number of rotatable bonds is 2. The van der Waals surface area contributed by atoms with Crippen LogP contribution in [0.15, 0.2) is 18.3 Å². The van der Waals surface area contributed by atoms with Crippen molar-refractivity contribution in [1.29, 1.82) is 0 Å². The third kappa shape index (κ3) is 2.24. The van der Waals surface area contributed by atoms with Crippen molar-refractivity contribution >= 4 is 17.4 Å². The molecule has 1 atom stereocenters. The minimum absolute atomic E-state index is 0.371. The molecule has 0 aromatic carbocycles. The quantitative estimate of drug-likeness (QED) is 0.722. The maximum atomic E-state index is 5.90. The van der Waals surface area contributed by atoms with Gasteiger partial charge in [-0.3, -0.25) is 0 Å². The molecular weight excluding hydrogens is 212 g/mol. The summed E-state index contributed by atoms with van der Waals surface area (Å²) in [5, 5.41) is 0. The largest absolute Gasteiger partial charge is 0.377 e. The standard InChI is InChI=1S/C11H15ClN2O/c1-9-8-15-6-5-14(9)11-10(7-12)3-2-4-13-11/h2-4,9H,5-8H2,1H3. The van der Waals surface area contributed by atoms with Crippen molar-refractivity contribution < 1.29 is 4.74 Å². The van der Waals surface area contributed by atoms with Crippen molar-refractivity contribution in [3.63, 3.8) is 0 Å². The first kappa shape index (κ1) is 10.7. The van der Waals surface area contributed by atoms with Crippen LogP contribution in [0.2, 0.25) is 0 Å². The van der Waals surface area contributed by atoms with E-state index in [0.717, 1.165) is 31.1 Å². The molecule has 15 heavy (non-hydrogen) atoms. The smallest absolute Gasteiger partial charge is 0.133 e. The zero-order valence-electron chi connectivity index (χ0n) is 8.82. The van der Waals surface area contributed by atoms with Gasteiger partial charge in [0.05, 0.1) is 25.1 Å². The van der Waals surface area contributed by atoms with Gasteiger partial charge in [0.25, 0.3) is 0 Å². The van der Waals surface area contributed by atoms with Crippen molar-refractivity contribution in [2.24, 2.45) is 0 Å². The highest BCUT2D eigenvalue weighted by Gasteiger charge is 2.21. The first-order chi connectivity index (χ1) is 7.33. The minimum atomic E-state index is 0.371. The van der Waals surface area contributed by atoms with E-state index < -0.39 is 0 Å². The first-order valence-electron chi connectivity index (χ1n) is 5.17. The Hall–Kier alpha value is -0.800. The monoisotopic (exact) mass is 226 g/mol. The third-order valence-corrected chi connectivity index (χ3v) is 2.94. The predicted molar refractivity (Wildman–Crippen MR) is 61.4 cm³/mol. The molecule has 0 bridgehead atoms. The summed E-state index contributed by atoms with van der Waals surface area (Å²) >= 11 is 5.90. The number of ether oxygens (including phenoxy) is 1. The summed E-state index contributed by atoms with van der Waals surface area (Å²) in [6.07, 6.45) is 1.81. The van der Waals surface area contributed by atoms with Crippen molar-refractivity contribution in [3.05, 3.63) is 23.9 Å². The van der Waals surface area contributed by atoms with Crippen LogP contribution in [0.5, 0.6) is 0 Å². The Balaban J connectivity index is 2.26. The van der Waals surface area contributed by atoms with Gasteiger partial charge in [-0.25, -0.2) is 4.98 Å². The molecule has 82 valence electrons. The molecule has 0 N–H and O–H groups in total. The van der Waals surface area contributed by atoms with E-state index in [0.29, 0.717) is 11.9 Å². The van der Waals surface area contributed by atoms with E-state index in [1.54, 1.807) is 0 Å². The number of nitrogens with zero attached hydrogens (tertiary/aromatic N) is 2. The van der Waals surface area contributed by atoms with Gasteiger partial charge in [0, 0.05) is 18.3 Å². The molecule has 0 radical (unpaired) electrons. The van der Waals surface area contributed by atoms with E-state index in [-0.39, 0.29) is 0 Å². The Morgan fingerprint density at radius 2 is 2.53 bits per heavy atom. The fourth-order valence-electron chi connectivity index (χ4n) is 1.83. The van der Waals surface area contributed by atoms with Crippen LogP contribution >= 0.6 is 11.6 Å². The average Bonchev–Trinajstić information content (AvgIpc) is 2.30. The summed E-state index contributed by atoms with van der Waals surface area (Å²) in [6.45, 7) is 4.56. The zero-order chi connectivity index (χ0) is 10.7. The first-order valence-corrected chi connectivity index (χ1v) is 5.70. The molecule has 1 aliphatic heterocycles. The van der Waals surface area contributed by atoms with Gasteiger partial charge in [-0.15, -0.1) is 11.6 Å². The molecule has 1 fully saturated rings. The maximum Gasteiger partial charge on any atom is 0.133 e. The van der Waals surface area contributed by atoms with Crippen LogP contribution in [0.3, 0.4) is 0 Å². The summed E-state index contributed by atoms with van der Waals surface area (Å²) in [4.78, 5) is 6.67. The van der Waals surface area contributed by atoms with E-state index in [4.69, 9.17) is 16.3 Å². The maximum absolute atomic E-state index is 5.90. The van der Waals surface area contributed by atoms with Gasteiger partial charge >= 0.3 is 0 Å². The van der Waals surface area contributed by atoms with Crippen LogP contribution in [0.4, 0.5) is 5.82 Å². The summed E-state index contributed by atoms with van der Waals surface area (Å²) < 4.78 is 5.40. The second-order valence-electron chi connectivity index (χ2n) is 3.74. The molecule has 0 amide bonds. The normalized spacial score (nSPS) is 21.7. The van der Waals surface area contributed by atoms with E-state index >= 15 is 0 Å². The predicted octanol–water partition coefficient (Wildman–Crippen LogP) is 2.05. The average molecular weight is 227 g/mol. The number of pyridine rings is 1. The molecule has 1 aliphatic rings.